The Morgan fingerprint density at radius 1 is 1.03 bits per heavy atom. The van der Waals surface area contributed by atoms with Crippen molar-refractivity contribution in [1.29, 1.82) is 0 Å². The largest absolute Gasteiger partial charge is 0.355 e. The number of fused-ring (bicyclic) bond motifs is 1. The molecule has 1 aromatic carbocycles. The zero-order valence-electron chi connectivity index (χ0n) is 17.6. The van der Waals surface area contributed by atoms with Crippen LogP contribution in [-0.4, -0.2) is 34.5 Å². The number of hydrogen-bond donors (Lipinski definition) is 0. The smallest absolute Gasteiger partial charge is 0.214 e. The zero-order chi connectivity index (χ0) is 21.0. The van der Waals surface area contributed by atoms with Crippen molar-refractivity contribution in [1.82, 2.24) is 14.4 Å². The van der Waals surface area contributed by atoms with Crippen LogP contribution in [0.4, 0.5) is 17.5 Å². The van der Waals surface area contributed by atoms with Gasteiger partial charge in [0.05, 0.1) is 16.4 Å². The normalized spacial score (nSPS) is 11.2. The van der Waals surface area contributed by atoms with Gasteiger partial charge >= 0.3 is 0 Å². The minimum absolute atomic E-state index is 0.599. The highest BCUT2D eigenvalue weighted by molar-refractivity contribution is 6.36. The summed E-state index contributed by atoms with van der Waals surface area (Å²) in [4.78, 5) is 14.2. The maximum Gasteiger partial charge on any atom is 0.214 e. The second kappa shape index (κ2) is 9.68. The lowest BCUT2D eigenvalue weighted by molar-refractivity contribution is 0.734. The SMILES string of the molecule is CCCc1nc(N(C)c2ccc(Cl)cc2Cl)n2ccnc(N(CCC)CCC)c12. The third-order valence-electron chi connectivity index (χ3n) is 4.93. The molecule has 156 valence electrons. The highest BCUT2D eigenvalue weighted by Crippen LogP contribution is 2.35. The summed E-state index contributed by atoms with van der Waals surface area (Å²) >= 11 is 12.6. The molecule has 5 nitrogen and oxygen atoms in total. The first-order chi connectivity index (χ1) is 14.0. The number of aryl methyl sites for hydroxylation is 1. The highest BCUT2D eigenvalue weighted by Gasteiger charge is 2.22. The molecule has 0 atom stereocenters. The van der Waals surface area contributed by atoms with E-state index in [0.29, 0.717) is 10.0 Å². The summed E-state index contributed by atoms with van der Waals surface area (Å²) in [5, 5.41) is 1.22. The molecule has 0 fully saturated rings. The van der Waals surface area contributed by atoms with Crippen molar-refractivity contribution >= 4 is 46.2 Å². The molecule has 0 aliphatic heterocycles. The molecule has 0 aliphatic carbocycles. The van der Waals surface area contributed by atoms with Crippen LogP contribution < -0.4 is 9.80 Å². The molecule has 7 heteroatoms. The van der Waals surface area contributed by atoms with E-state index in [2.05, 4.69) is 30.1 Å². The van der Waals surface area contributed by atoms with Gasteiger partial charge in [0.25, 0.3) is 0 Å². The first-order valence-corrected chi connectivity index (χ1v) is 11.1. The van der Waals surface area contributed by atoms with Crippen molar-refractivity contribution < 1.29 is 0 Å². The van der Waals surface area contributed by atoms with E-state index < -0.39 is 0 Å². The van der Waals surface area contributed by atoms with Gasteiger partial charge in [-0.1, -0.05) is 50.4 Å². The number of aromatic nitrogens is 3. The molecular weight excluding hydrogens is 405 g/mol. The summed E-state index contributed by atoms with van der Waals surface area (Å²) in [6, 6.07) is 5.53. The molecule has 0 N–H and O–H groups in total. The van der Waals surface area contributed by atoms with E-state index in [1.54, 1.807) is 6.07 Å². The van der Waals surface area contributed by atoms with Gasteiger partial charge in [0.15, 0.2) is 5.82 Å². The molecule has 0 radical (unpaired) electrons. The van der Waals surface area contributed by atoms with Crippen LogP contribution >= 0.6 is 23.2 Å². The summed E-state index contributed by atoms with van der Waals surface area (Å²) in [6.07, 6.45) is 7.92. The van der Waals surface area contributed by atoms with E-state index in [4.69, 9.17) is 33.2 Å². The van der Waals surface area contributed by atoms with Crippen LogP contribution in [0.5, 0.6) is 0 Å². The number of nitrogens with zero attached hydrogens (tertiary/aromatic N) is 5. The van der Waals surface area contributed by atoms with E-state index >= 15 is 0 Å². The third-order valence-corrected chi connectivity index (χ3v) is 5.47. The minimum atomic E-state index is 0.599. The summed E-state index contributed by atoms with van der Waals surface area (Å²) in [7, 11) is 1.98. The zero-order valence-corrected chi connectivity index (χ0v) is 19.1. The van der Waals surface area contributed by atoms with Gasteiger partial charge in [-0.15, -0.1) is 0 Å². The van der Waals surface area contributed by atoms with Crippen LogP contribution in [-0.2, 0) is 6.42 Å². The Hall–Kier alpha value is -1.98. The first-order valence-electron chi connectivity index (χ1n) is 10.3. The molecule has 2 heterocycles. The molecule has 3 aromatic rings. The monoisotopic (exact) mass is 433 g/mol. The van der Waals surface area contributed by atoms with E-state index in [9.17, 15) is 0 Å². The average molecular weight is 434 g/mol. The fourth-order valence-electron chi connectivity index (χ4n) is 3.68. The Morgan fingerprint density at radius 2 is 1.76 bits per heavy atom. The van der Waals surface area contributed by atoms with Gasteiger partial charge in [0.1, 0.15) is 5.52 Å². The second-order valence-corrected chi connectivity index (χ2v) is 8.06. The van der Waals surface area contributed by atoms with Crippen LogP contribution in [0.25, 0.3) is 5.52 Å². The van der Waals surface area contributed by atoms with Gasteiger partial charge in [0.2, 0.25) is 5.95 Å². The number of rotatable bonds is 9. The maximum atomic E-state index is 6.47. The second-order valence-electron chi connectivity index (χ2n) is 7.22. The quantitative estimate of drug-likeness (QED) is 0.391. The summed E-state index contributed by atoms with van der Waals surface area (Å²) < 4.78 is 2.14. The van der Waals surface area contributed by atoms with Crippen molar-refractivity contribution in [2.45, 2.75) is 46.5 Å². The van der Waals surface area contributed by atoms with Gasteiger partial charge in [-0.3, -0.25) is 4.40 Å². The Morgan fingerprint density at radius 3 is 2.38 bits per heavy atom. The first kappa shape index (κ1) is 21.7. The minimum Gasteiger partial charge on any atom is -0.355 e. The Balaban J connectivity index is 2.17. The van der Waals surface area contributed by atoms with E-state index in [1.807, 2.05) is 36.5 Å². The fourth-order valence-corrected chi connectivity index (χ4v) is 4.22. The maximum absolute atomic E-state index is 6.47. The fraction of sp³-hybridized carbons (Fsp3) is 0.455. The van der Waals surface area contributed by atoms with Crippen molar-refractivity contribution in [2.24, 2.45) is 0 Å². The van der Waals surface area contributed by atoms with E-state index in [1.165, 1.54) is 0 Å². The van der Waals surface area contributed by atoms with Gasteiger partial charge in [0, 0.05) is 37.6 Å². The molecule has 0 bridgehead atoms. The van der Waals surface area contributed by atoms with Crippen LogP contribution in [0.1, 0.15) is 45.7 Å². The molecule has 0 aliphatic rings. The van der Waals surface area contributed by atoms with Crippen LogP contribution in [0.2, 0.25) is 10.0 Å². The standard InChI is InChI=1S/C22H29Cl2N5/c1-5-8-18-20-21(28(12-6-2)13-7-3)25-11-14-29(20)22(26-18)27(4)19-10-9-16(23)15-17(19)24/h9-11,14-15H,5-8,12-13H2,1-4H3. The predicted octanol–water partition coefficient (Wildman–Crippen LogP) is 6.38. The molecule has 0 spiro atoms. The van der Waals surface area contributed by atoms with E-state index in [-0.39, 0.29) is 0 Å². The third kappa shape index (κ3) is 4.46. The Labute approximate surface area is 183 Å². The van der Waals surface area contributed by atoms with Crippen LogP contribution in [0.15, 0.2) is 30.6 Å². The van der Waals surface area contributed by atoms with E-state index in [0.717, 1.165) is 67.4 Å². The van der Waals surface area contributed by atoms with Crippen molar-refractivity contribution in [3.63, 3.8) is 0 Å². The number of hydrogen-bond acceptors (Lipinski definition) is 4. The summed E-state index contributed by atoms with van der Waals surface area (Å²) in [6.45, 7) is 8.54. The summed E-state index contributed by atoms with van der Waals surface area (Å²) in [5.41, 5.74) is 3.02. The van der Waals surface area contributed by atoms with Crippen molar-refractivity contribution in [3.8, 4) is 0 Å². The molecular formula is C22H29Cl2N5. The molecule has 0 amide bonds. The van der Waals surface area contributed by atoms with Gasteiger partial charge in [-0.05, 0) is 37.5 Å². The van der Waals surface area contributed by atoms with Gasteiger partial charge < -0.3 is 9.80 Å². The topological polar surface area (TPSA) is 36.7 Å². The average Bonchev–Trinajstić information content (AvgIpc) is 3.06. The van der Waals surface area contributed by atoms with Crippen molar-refractivity contribution in [3.05, 3.63) is 46.3 Å². The van der Waals surface area contributed by atoms with Gasteiger partial charge in [-0.2, -0.15) is 0 Å². The molecule has 0 unspecified atom stereocenters. The molecule has 29 heavy (non-hydrogen) atoms. The Kier molecular flexibility index (Phi) is 7.25. The number of imidazole rings is 1. The predicted molar refractivity (Wildman–Crippen MR) is 124 cm³/mol. The highest BCUT2D eigenvalue weighted by atomic mass is 35.5. The van der Waals surface area contributed by atoms with Gasteiger partial charge in [-0.25, -0.2) is 9.97 Å². The lowest BCUT2D eigenvalue weighted by Gasteiger charge is -2.24. The molecule has 0 saturated heterocycles. The molecule has 0 saturated carbocycles. The number of benzene rings is 1. The van der Waals surface area contributed by atoms with Crippen LogP contribution in [0, 0.1) is 0 Å². The lowest BCUT2D eigenvalue weighted by atomic mass is 10.2. The number of anilines is 3. The van der Waals surface area contributed by atoms with Crippen LogP contribution in [0.3, 0.4) is 0 Å². The summed E-state index contributed by atoms with van der Waals surface area (Å²) in [5.74, 6) is 1.83. The molecule has 3 rings (SSSR count). The van der Waals surface area contributed by atoms with Crippen molar-refractivity contribution in [2.75, 3.05) is 29.9 Å². The molecule has 2 aromatic heterocycles. The lowest BCUT2D eigenvalue weighted by Crippen LogP contribution is -2.26. The number of halogens is 2. The Bertz CT molecular complexity index is 963.